The maximum Gasteiger partial charge on any atom is 0.175 e. The van der Waals surface area contributed by atoms with Crippen molar-refractivity contribution in [2.45, 2.75) is 37.8 Å². The fourth-order valence-corrected chi connectivity index (χ4v) is 2.66. The average Bonchev–Trinajstić information content (AvgIpc) is 2.86. The monoisotopic (exact) mass is 307 g/mol. The zero-order chi connectivity index (χ0) is 15.6. The number of anilines is 1. The molecule has 5 nitrogen and oxygen atoms in total. The molecule has 2 rings (SSSR count). The van der Waals surface area contributed by atoms with Crippen molar-refractivity contribution in [3.05, 3.63) is 42.2 Å². The second kappa shape index (κ2) is 5.89. The molecule has 1 unspecified atom stereocenters. The molecule has 0 bridgehead atoms. The molecule has 1 N–H and O–H groups in total. The first kappa shape index (κ1) is 15.6. The quantitative estimate of drug-likeness (QED) is 0.922. The fraction of sp³-hybridized carbons (Fsp3) is 0.400. The molecule has 1 aromatic carbocycles. The Hall–Kier alpha value is -1.82. The first-order valence-electron chi connectivity index (χ1n) is 6.88. The van der Waals surface area contributed by atoms with E-state index in [4.69, 9.17) is 0 Å². The smallest absolute Gasteiger partial charge is 0.175 e. The summed E-state index contributed by atoms with van der Waals surface area (Å²) in [7, 11) is -3.14. The van der Waals surface area contributed by atoms with Gasteiger partial charge in [0.25, 0.3) is 0 Å². The van der Waals surface area contributed by atoms with Crippen LogP contribution in [0.2, 0.25) is 0 Å². The molecule has 114 valence electrons. The molecule has 21 heavy (non-hydrogen) atoms. The predicted molar refractivity (Wildman–Crippen MR) is 84.2 cm³/mol. The van der Waals surface area contributed by atoms with Crippen LogP contribution < -0.4 is 5.32 Å². The number of hydrogen-bond acceptors (Lipinski definition) is 4. The molecule has 0 saturated heterocycles. The lowest BCUT2D eigenvalue weighted by Gasteiger charge is -2.14. The van der Waals surface area contributed by atoms with Gasteiger partial charge in [-0.1, -0.05) is 12.1 Å². The Labute approximate surface area is 125 Å². The molecule has 0 aliphatic carbocycles. The fourth-order valence-electron chi connectivity index (χ4n) is 2.03. The first-order valence-corrected chi connectivity index (χ1v) is 8.77. The minimum atomic E-state index is -3.14. The van der Waals surface area contributed by atoms with Crippen LogP contribution in [0.3, 0.4) is 0 Å². The van der Waals surface area contributed by atoms with Gasteiger partial charge >= 0.3 is 0 Å². The molecule has 0 fully saturated rings. The van der Waals surface area contributed by atoms with Crippen molar-refractivity contribution in [2.75, 3.05) is 11.6 Å². The number of aromatic nitrogens is 2. The highest BCUT2D eigenvalue weighted by Crippen LogP contribution is 2.21. The number of hydrogen-bond donors (Lipinski definition) is 1. The molecule has 1 heterocycles. The summed E-state index contributed by atoms with van der Waals surface area (Å²) >= 11 is 0. The van der Waals surface area contributed by atoms with Crippen molar-refractivity contribution < 1.29 is 8.42 Å². The number of benzene rings is 1. The van der Waals surface area contributed by atoms with E-state index in [0.717, 1.165) is 11.3 Å². The SMILES string of the molecule is CC(Nc1cnn(C(C)C)c1)c1ccc(S(C)(=O)=O)cc1. The van der Waals surface area contributed by atoms with Crippen LogP contribution >= 0.6 is 0 Å². The predicted octanol–water partition coefficient (Wildman–Crippen LogP) is 3.04. The largest absolute Gasteiger partial charge is 0.376 e. The van der Waals surface area contributed by atoms with Crippen LogP contribution in [0.5, 0.6) is 0 Å². The molecule has 0 amide bonds. The number of rotatable bonds is 5. The Balaban J connectivity index is 2.11. The van der Waals surface area contributed by atoms with Gasteiger partial charge in [0.05, 0.1) is 16.8 Å². The van der Waals surface area contributed by atoms with Gasteiger partial charge in [0.15, 0.2) is 9.84 Å². The summed E-state index contributed by atoms with van der Waals surface area (Å²) in [6, 6.07) is 7.34. The van der Waals surface area contributed by atoms with Gasteiger partial charge in [0.1, 0.15) is 0 Å². The Bertz CT molecular complexity index is 703. The van der Waals surface area contributed by atoms with Crippen LogP contribution in [0.25, 0.3) is 0 Å². The van der Waals surface area contributed by atoms with Gasteiger partial charge in [0.2, 0.25) is 0 Å². The maximum atomic E-state index is 11.4. The summed E-state index contributed by atoms with van der Waals surface area (Å²) in [6.45, 7) is 6.18. The molecule has 0 saturated carbocycles. The van der Waals surface area contributed by atoms with Gasteiger partial charge in [-0.05, 0) is 38.5 Å². The van der Waals surface area contributed by atoms with Crippen molar-refractivity contribution >= 4 is 15.5 Å². The second-order valence-electron chi connectivity index (χ2n) is 5.51. The second-order valence-corrected chi connectivity index (χ2v) is 7.53. The van der Waals surface area contributed by atoms with E-state index in [1.165, 1.54) is 6.26 Å². The molecule has 6 heteroatoms. The van der Waals surface area contributed by atoms with E-state index in [1.807, 2.05) is 29.9 Å². The molecule has 1 atom stereocenters. The standard InChI is InChI=1S/C15H21N3O2S/c1-11(2)18-10-14(9-16-18)17-12(3)13-5-7-15(8-6-13)21(4,19)20/h5-12,17H,1-4H3. The van der Waals surface area contributed by atoms with Crippen LogP contribution in [0.1, 0.15) is 38.4 Å². The van der Waals surface area contributed by atoms with Gasteiger partial charge in [-0.25, -0.2) is 8.42 Å². The lowest BCUT2D eigenvalue weighted by molar-refractivity contribution is 0.532. The van der Waals surface area contributed by atoms with E-state index >= 15 is 0 Å². The Kier molecular flexibility index (Phi) is 4.37. The molecule has 2 aromatic rings. The van der Waals surface area contributed by atoms with Crippen molar-refractivity contribution in [2.24, 2.45) is 0 Å². The molecule has 0 aliphatic heterocycles. The van der Waals surface area contributed by atoms with Crippen molar-refractivity contribution in [3.63, 3.8) is 0 Å². The summed E-state index contributed by atoms with van der Waals surface area (Å²) < 4.78 is 24.8. The average molecular weight is 307 g/mol. The molecule has 1 aromatic heterocycles. The van der Waals surface area contributed by atoms with Crippen molar-refractivity contribution in [3.8, 4) is 0 Å². The van der Waals surface area contributed by atoms with Gasteiger partial charge in [-0.3, -0.25) is 4.68 Å². The lowest BCUT2D eigenvalue weighted by atomic mass is 10.1. The van der Waals surface area contributed by atoms with Gasteiger partial charge in [-0.2, -0.15) is 5.10 Å². The zero-order valence-electron chi connectivity index (χ0n) is 12.7. The highest BCUT2D eigenvalue weighted by Gasteiger charge is 2.10. The van der Waals surface area contributed by atoms with E-state index in [9.17, 15) is 8.42 Å². The molecular weight excluding hydrogens is 286 g/mol. The number of nitrogens with zero attached hydrogens (tertiary/aromatic N) is 2. The zero-order valence-corrected chi connectivity index (χ0v) is 13.6. The van der Waals surface area contributed by atoms with Gasteiger partial charge in [-0.15, -0.1) is 0 Å². The van der Waals surface area contributed by atoms with E-state index < -0.39 is 9.84 Å². The van der Waals surface area contributed by atoms with Crippen LogP contribution in [0.15, 0.2) is 41.6 Å². The molecule has 0 radical (unpaired) electrons. The highest BCUT2D eigenvalue weighted by atomic mass is 32.2. The minimum absolute atomic E-state index is 0.0726. The highest BCUT2D eigenvalue weighted by molar-refractivity contribution is 7.90. The van der Waals surface area contributed by atoms with Crippen LogP contribution in [0.4, 0.5) is 5.69 Å². The Morgan fingerprint density at radius 1 is 1.14 bits per heavy atom. The van der Waals surface area contributed by atoms with Crippen molar-refractivity contribution in [1.29, 1.82) is 0 Å². The summed E-state index contributed by atoms with van der Waals surface area (Å²) in [5, 5.41) is 7.64. The summed E-state index contributed by atoms with van der Waals surface area (Å²) in [4.78, 5) is 0.339. The number of sulfone groups is 1. The minimum Gasteiger partial charge on any atom is -0.376 e. The van der Waals surface area contributed by atoms with Crippen LogP contribution in [-0.4, -0.2) is 24.5 Å². The molecule has 0 spiro atoms. The third-order valence-corrected chi connectivity index (χ3v) is 4.45. The Morgan fingerprint density at radius 2 is 1.76 bits per heavy atom. The summed E-state index contributed by atoms with van der Waals surface area (Å²) in [6.07, 6.45) is 4.97. The molecular formula is C15H21N3O2S. The third kappa shape index (κ3) is 3.85. The molecule has 0 aliphatic rings. The summed E-state index contributed by atoms with van der Waals surface area (Å²) in [5.41, 5.74) is 1.98. The van der Waals surface area contributed by atoms with E-state index in [2.05, 4.69) is 24.3 Å². The van der Waals surface area contributed by atoms with Crippen LogP contribution in [0, 0.1) is 0 Å². The van der Waals surface area contributed by atoms with Gasteiger partial charge in [0, 0.05) is 24.5 Å². The first-order chi connectivity index (χ1) is 9.77. The maximum absolute atomic E-state index is 11.4. The topological polar surface area (TPSA) is 64.0 Å². The number of nitrogens with one attached hydrogen (secondary N) is 1. The Morgan fingerprint density at radius 3 is 2.24 bits per heavy atom. The van der Waals surface area contributed by atoms with Crippen molar-refractivity contribution in [1.82, 2.24) is 9.78 Å². The third-order valence-electron chi connectivity index (χ3n) is 3.32. The van der Waals surface area contributed by atoms with E-state index in [-0.39, 0.29) is 6.04 Å². The lowest BCUT2D eigenvalue weighted by Crippen LogP contribution is -2.07. The van der Waals surface area contributed by atoms with Crippen LogP contribution in [-0.2, 0) is 9.84 Å². The van der Waals surface area contributed by atoms with E-state index in [1.54, 1.807) is 18.3 Å². The normalized spacial score (nSPS) is 13.4. The summed E-state index contributed by atoms with van der Waals surface area (Å²) in [5.74, 6) is 0. The van der Waals surface area contributed by atoms with Gasteiger partial charge < -0.3 is 5.32 Å². The van der Waals surface area contributed by atoms with E-state index in [0.29, 0.717) is 10.9 Å².